The van der Waals surface area contributed by atoms with E-state index in [1.807, 2.05) is 0 Å². The Hall–Kier alpha value is -6.38. The van der Waals surface area contributed by atoms with Gasteiger partial charge in [0.15, 0.2) is 0 Å². The lowest BCUT2D eigenvalue weighted by molar-refractivity contribution is 0.673. The van der Waals surface area contributed by atoms with Gasteiger partial charge in [-0.05, 0) is 93.4 Å². The molecule has 0 N–H and O–H groups in total. The number of nitrogens with zero attached hydrogens (tertiary/aromatic N) is 1. The van der Waals surface area contributed by atoms with Gasteiger partial charge in [-0.25, -0.2) is 0 Å². The minimum absolute atomic E-state index is 0.892. The summed E-state index contributed by atoms with van der Waals surface area (Å²) < 4.78 is 6.67. The minimum atomic E-state index is 0.892. The van der Waals surface area contributed by atoms with Crippen LogP contribution in [-0.2, 0) is 0 Å². The largest absolute Gasteiger partial charge is 0.455 e. The third-order valence-electron chi connectivity index (χ3n) is 9.27. The van der Waals surface area contributed by atoms with E-state index in [1.54, 1.807) is 0 Å². The van der Waals surface area contributed by atoms with Crippen LogP contribution in [0.4, 0.5) is 17.1 Å². The fraction of sp³-hybridized carbons (Fsp3) is 0. The summed E-state index contributed by atoms with van der Waals surface area (Å²) >= 11 is 0. The van der Waals surface area contributed by atoms with Crippen LogP contribution in [0.5, 0.6) is 0 Å². The molecule has 226 valence electrons. The number of hydrogen-bond donors (Lipinski definition) is 0. The summed E-state index contributed by atoms with van der Waals surface area (Å²) in [5.74, 6) is 0. The van der Waals surface area contributed by atoms with Crippen molar-refractivity contribution in [2.45, 2.75) is 0 Å². The molecule has 9 aromatic rings. The van der Waals surface area contributed by atoms with Crippen LogP contribution in [0.3, 0.4) is 0 Å². The molecule has 9 rings (SSSR count). The molecule has 2 nitrogen and oxygen atoms in total. The van der Waals surface area contributed by atoms with E-state index in [2.05, 4.69) is 193 Å². The Morgan fingerprint density at radius 1 is 0.312 bits per heavy atom. The van der Waals surface area contributed by atoms with Gasteiger partial charge in [0.2, 0.25) is 0 Å². The maximum absolute atomic E-state index is 6.67. The SMILES string of the molecule is c1ccc(-c2ccc(-c3cc4c5ccc(-c6ccc(N(c7ccccc7)c7ccccc7)cc6)cc5oc4c4ccccc34)cc2)cc1. The number of fused-ring (bicyclic) bond motifs is 5. The third kappa shape index (κ3) is 4.92. The number of para-hydroxylation sites is 2. The molecule has 0 unspecified atom stereocenters. The summed E-state index contributed by atoms with van der Waals surface area (Å²) in [6, 6.07) is 66.7. The van der Waals surface area contributed by atoms with Crippen molar-refractivity contribution in [3.8, 4) is 33.4 Å². The van der Waals surface area contributed by atoms with Crippen molar-refractivity contribution in [1.29, 1.82) is 0 Å². The van der Waals surface area contributed by atoms with Crippen molar-refractivity contribution in [2.75, 3.05) is 4.90 Å². The van der Waals surface area contributed by atoms with E-state index in [4.69, 9.17) is 4.42 Å². The zero-order chi connectivity index (χ0) is 31.9. The predicted molar refractivity (Wildman–Crippen MR) is 202 cm³/mol. The first kappa shape index (κ1) is 27.9. The molecule has 0 atom stereocenters. The van der Waals surface area contributed by atoms with Crippen LogP contribution in [0.25, 0.3) is 66.1 Å². The molecular formula is C46H31NO. The van der Waals surface area contributed by atoms with E-state index in [0.717, 1.165) is 55.5 Å². The van der Waals surface area contributed by atoms with Crippen molar-refractivity contribution in [1.82, 2.24) is 0 Å². The topological polar surface area (TPSA) is 16.4 Å². The Labute approximate surface area is 279 Å². The van der Waals surface area contributed by atoms with Gasteiger partial charge in [-0.2, -0.15) is 0 Å². The fourth-order valence-corrected chi connectivity index (χ4v) is 6.89. The number of anilines is 3. The van der Waals surface area contributed by atoms with Crippen molar-refractivity contribution >= 4 is 49.8 Å². The van der Waals surface area contributed by atoms with E-state index >= 15 is 0 Å². The van der Waals surface area contributed by atoms with Crippen molar-refractivity contribution < 1.29 is 4.42 Å². The van der Waals surface area contributed by atoms with Gasteiger partial charge in [0.05, 0.1) is 0 Å². The van der Waals surface area contributed by atoms with Crippen LogP contribution in [0, 0.1) is 0 Å². The first-order valence-corrected chi connectivity index (χ1v) is 16.3. The number of benzene rings is 8. The van der Waals surface area contributed by atoms with E-state index < -0.39 is 0 Å². The Morgan fingerprint density at radius 2 is 0.792 bits per heavy atom. The second-order valence-electron chi connectivity index (χ2n) is 12.2. The lowest BCUT2D eigenvalue weighted by Gasteiger charge is -2.25. The quantitative estimate of drug-likeness (QED) is 0.185. The molecule has 0 aliphatic heterocycles. The monoisotopic (exact) mass is 613 g/mol. The molecule has 0 radical (unpaired) electrons. The number of furan rings is 1. The lowest BCUT2D eigenvalue weighted by Crippen LogP contribution is -2.09. The van der Waals surface area contributed by atoms with Crippen LogP contribution in [0.1, 0.15) is 0 Å². The molecule has 0 saturated carbocycles. The minimum Gasteiger partial charge on any atom is -0.455 e. The third-order valence-corrected chi connectivity index (χ3v) is 9.27. The Kier molecular flexibility index (Phi) is 6.84. The molecule has 0 bridgehead atoms. The predicted octanol–water partition coefficient (Wildman–Crippen LogP) is 13.2. The zero-order valence-electron chi connectivity index (χ0n) is 26.3. The summed E-state index contributed by atoms with van der Waals surface area (Å²) in [6.07, 6.45) is 0. The first-order valence-electron chi connectivity index (χ1n) is 16.3. The molecule has 48 heavy (non-hydrogen) atoms. The number of hydrogen-bond acceptors (Lipinski definition) is 2. The molecule has 0 aliphatic rings. The summed E-state index contributed by atoms with van der Waals surface area (Å²) in [5, 5.41) is 4.57. The Balaban J connectivity index is 1.11. The van der Waals surface area contributed by atoms with Gasteiger partial charge in [0, 0.05) is 33.2 Å². The van der Waals surface area contributed by atoms with Crippen LogP contribution in [0.15, 0.2) is 192 Å². The van der Waals surface area contributed by atoms with Gasteiger partial charge in [0.1, 0.15) is 11.2 Å². The maximum Gasteiger partial charge on any atom is 0.143 e. The highest BCUT2D eigenvalue weighted by molar-refractivity contribution is 6.19. The first-order chi connectivity index (χ1) is 23.8. The van der Waals surface area contributed by atoms with Crippen LogP contribution in [-0.4, -0.2) is 0 Å². The molecule has 2 heteroatoms. The molecule has 0 saturated heterocycles. The average molecular weight is 614 g/mol. The van der Waals surface area contributed by atoms with Gasteiger partial charge in [-0.1, -0.05) is 133 Å². The second-order valence-corrected chi connectivity index (χ2v) is 12.2. The molecule has 1 heterocycles. The van der Waals surface area contributed by atoms with Gasteiger partial charge >= 0.3 is 0 Å². The fourth-order valence-electron chi connectivity index (χ4n) is 6.89. The Morgan fingerprint density at radius 3 is 1.46 bits per heavy atom. The van der Waals surface area contributed by atoms with E-state index in [0.29, 0.717) is 0 Å². The molecule has 0 amide bonds. The summed E-state index contributed by atoms with van der Waals surface area (Å²) in [4.78, 5) is 2.28. The van der Waals surface area contributed by atoms with Gasteiger partial charge in [-0.15, -0.1) is 0 Å². The average Bonchev–Trinajstić information content (AvgIpc) is 3.54. The summed E-state index contributed by atoms with van der Waals surface area (Å²) in [5.41, 5.74) is 12.3. The smallest absolute Gasteiger partial charge is 0.143 e. The molecular weight excluding hydrogens is 583 g/mol. The molecule has 0 aliphatic carbocycles. The van der Waals surface area contributed by atoms with Crippen molar-refractivity contribution in [3.63, 3.8) is 0 Å². The van der Waals surface area contributed by atoms with E-state index in [9.17, 15) is 0 Å². The maximum atomic E-state index is 6.67. The molecule has 0 spiro atoms. The number of rotatable bonds is 6. The standard InChI is InChI=1S/C46H31NO/c1-4-12-32(13-5-1)33-20-22-35(23-21-33)43-31-44-41-29-26-36(30-45(41)48-46(44)42-19-11-10-18-40(42)43)34-24-27-39(28-25-34)47(37-14-6-2-7-15-37)38-16-8-3-9-17-38/h1-31H. The highest BCUT2D eigenvalue weighted by Crippen LogP contribution is 2.41. The normalized spacial score (nSPS) is 11.3. The van der Waals surface area contributed by atoms with Crippen LogP contribution in [0.2, 0.25) is 0 Å². The van der Waals surface area contributed by atoms with E-state index in [-0.39, 0.29) is 0 Å². The van der Waals surface area contributed by atoms with Crippen LogP contribution >= 0.6 is 0 Å². The van der Waals surface area contributed by atoms with Crippen LogP contribution < -0.4 is 4.90 Å². The van der Waals surface area contributed by atoms with Crippen molar-refractivity contribution in [2.24, 2.45) is 0 Å². The van der Waals surface area contributed by atoms with Crippen molar-refractivity contribution in [3.05, 3.63) is 188 Å². The lowest BCUT2D eigenvalue weighted by atomic mass is 9.94. The molecule has 8 aromatic carbocycles. The highest BCUT2D eigenvalue weighted by atomic mass is 16.3. The van der Waals surface area contributed by atoms with Gasteiger partial charge in [0.25, 0.3) is 0 Å². The van der Waals surface area contributed by atoms with Gasteiger partial charge in [-0.3, -0.25) is 0 Å². The Bertz CT molecular complexity index is 2480. The zero-order valence-corrected chi connectivity index (χ0v) is 26.3. The summed E-state index contributed by atoms with van der Waals surface area (Å²) in [6.45, 7) is 0. The second kappa shape index (κ2) is 11.8. The summed E-state index contributed by atoms with van der Waals surface area (Å²) in [7, 11) is 0. The molecule has 1 aromatic heterocycles. The molecule has 0 fully saturated rings. The highest BCUT2D eigenvalue weighted by Gasteiger charge is 2.16. The van der Waals surface area contributed by atoms with E-state index in [1.165, 1.54) is 27.6 Å². The van der Waals surface area contributed by atoms with Gasteiger partial charge < -0.3 is 9.32 Å².